The lowest BCUT2D eigenvalue weighted by molar-refractivity contribution is 0.0289. The highest BCUT2D eigenvalue weighted by Gasteiger charge is 2.43. The van der Waals surface area contributed by atoms with Crippen molar-refractivity contribution in [2.75, 3.05) is 13.2 Å². The molecule has 0 spiro atoms. The highest BCUT2D eigenvalue weighted by molar-refractivity contribution is 5.72. The molecule has 2 saturated heterocycles. The van der Waals surface area contributed by atoms with Crippen LogP contribution in [0.5, 0.6) is 5.88 Å². The Morgan fingerprint density at radius 3 is 2.85 bits per heavy atom. The van der Waals surface area contributed by atoms with Crippen molar-refractivity contribution in [2.24, 2.45) is 4.99 Å². The van der Waals surface area contributed by atoms with Crippen LogP contribution in [-0.2, 0) is 9.47 Å². The van der Waals surface area contributed by atoms with Gasteiger partial charge < -0.3 is 14.2 Å². The highest BCUT2D eigenvalue weighted by Crippen LogP contribution is 2.29. The van der Waals surface area contributed by atoms with Crippen LogP contribution in [0.15, 0.2) is 65.8 Å². The summed E-state index contributed by atoms with van der Waals surface area (Å²) in [5, 5.41) is 7.31. The fourth-order valence-corrected chi connectivity index (χ4v) is 3.97. The number of allylic oxidation sites excluding steroid dienone is 3. The molecule has 0 amide bonds. The van der Waals surface area contributed by atoms with Crippen molar-refractivity contribution in [3.8, 4) is 17.3 Å². The van der Waals surface area contributed by atoms with E-state index in [1.54, 1.807) is 6.20 Å². The van der Waals surface area contributed by atoms with Crippen LogP contribution < -0.4 is 4.74 Å². The van der Waals surface area contributed by atoms with Crippen molar-refractivity contribution in [1.29, 1.82) is 0 Å². The number of benzene rings is 1. The van der Waals surface area contributed by atoms with Crippen LogP contribution in [0.1, 0.15) is 24.7 Å². The number of H-pyrrole nitrogens is 1. The van der Waals surface area contributed by atoms with Crippen molar-refractivity contribution in [1.82, 2.24) is 20.2 Å². The molecule has 3 unspecified atom stereocenters. The maximum absolute atomic E-state index is 5.99. The third kappa shape index (κ3) is 4.62. The molecule has 5 rings (SSSR count). The van der Waals surface area contributed by atoms with E-state index >= 15 is 0 Å². The Bertz CT molecular complexity index is 1170. The average molecular weight is 444 g/mol. The van der Waals surface area contributed by atoms with Crippen molar-refractivity contribution in [3.63, 3.8) is 0 Å². The Balaban J connectivity index is 1.27. The lowest BCUT2D eigenvalue weighted by atomic mass is 10.1. The van der Waals surface area contributed by atoms with Crippen molar-refractivity contribution < 1.29 is 14.2 Å². The summed E-state index contributed by atoms with van der Waals surface area (Å²) in [4.78, 5) is 13.2. The summed E-state index contributed by atoms with van der Waals surface area (Å²) >= 11 is 0. The van der Waals surface area contributed by atoms with Gasteiger partial charge in [-0.15, -0.1) is 0 Å². The topological polar surface area (TPSA) is 94.5 Å². The van der Waals surface area contributed by atoms with Gasteiger partial charge in [-0.2, -0.15) is 5.10 Å². The van der Waals surface area contributed by atoms with E-state index in [0.29, 0.717) is 24.0 Å². The maximum atomic E-state index is 5.99. The van der Waals surface area contributed by atoms with Gasteiger partial charge in [0, 0.05) is 30.0 Å². The van der Waals surface area contributed by atoms with Crippen LogP contribution >= 0.6 is 0 Å². The third-order valence-electron chi connectivity index (χ3n) is 5.77. The lowest BCUT2D eigenvalue weighted by Crippen LogP contribution is -2.32. The van der Waals surface area contributed by atoms with Gasteiger partial charge in [-0.25, -0.2) is 9.97 Å². The first-order valence-corrected chi connectivity index (χ1v) is 10.9. The minimum atomic E-state index is -0.129. The molecule has 0 aliphatic carbocycles. The third-order valence-corrected chi connectivity index (χ3v) is 5.77. The summed E-state index contributed by atoms with van der Waals surface area (Å²) < 4.78 is 17.5. The minimum Gasteiger partial charge on any atom is -0.469 e. The summed E-state index contributed by atoms with van der Waals surface area (Å²) in [6, 6.07) is 13.6. The van der Waals surface area contributed by atoms with Gasteiger partial charge in [-0.1, -0.05) is 36.4 Å². The van der Waals surface area contributed by atoms with Crippen molar-refractivity contribution >= 4 is 18.0 Å². The van der Waals surface area contributed by atoms with Gasteiger partial charge in [0.05, 0.1) is 18.4 Å². The van der Waals surface area contributed by atoms with E-state index in [2.05, 4.69) is 31.9 Å². The molecular formula is C25H25N5O3. The Kier molecular flexibility index (Phi) is 6.10. The molecule has 8 heteroatoms. The van der Waals surface area contributed by atoms with Gasteiger partial charge in [0.1, 0.15) is 6.10 Å². The number of fused-ring (bicyclic) bond motifs is 1. The van der Waals surface area contributed by atoms with Crippen LogP contribution in [0.3, 0.4) is 0 Å². The van der Waals surface area contributed by atoms with Crippen molar-refractivity contribution in [2.45, 2.75) is 31.7 Å². The molecule has 168 valence electrons. The van der Waals surface area contributed by atoms with Gasteiger partial charge in [0.2, 0.25) is 5.88 Å². The monoisotopic (exact) mass is 443 g/mol. The quantitative estimate of drug-likeness (QED) is 0.439. The Labute approximate surface area is 192 Å². The Hall–Kier alpha value is -3.62. The van der Waals surface area contributed by atoms with E-state index in [1.807, 2.05) is 61.5 Å². The van der Waals surface area contributed by atoms with Crippen LogP contribution in [-0.4, -0.2) is 58.4 Å². The van der Waals surface area contributed by atoms with E-state index in [-0.39, 0.29) is 18.3 Å². The summed E-state index contributed by atoms with van der Waals surface area (Å²) in [5.41, 5.74) is 3.41. The zero-order chi connectivity index (χ0) is 22.6. The van der Waals surface area contributed by atoms with E-state index in [4.69, 9.17) is 14.2 Å². The predicted molar refractivity (Wildman–Crippen MR) is 126 cm³/mol. The number of aromatic amines is 1. The fraction of sp³-hybridized carbons (Fsp3) is 0.280. The lowest BCUT2D eigenvalue weighted by Gasteiger charge is -2.17. The number of hydrogen-bond acceptors (Lipinski definition) is 7. The Morgan fingerprint density at radius 1 is 1.18 bits per heavy atom. The molecule has 2 fully saturated rings. The van der Waals surface area contributed by atoms with Crippen LogP contribution in [0.4, 0.5) is 0 Å². The number of nitrogens with zero attached hydrogens (tertiary/aromatic N) is 4. The van der Waals surface area contributed by atoms with Crippen LogP contribution in [0.2, 0.25) is 0 Å². The van der Waals surface area contributed by atoms with Crippen LogP contribution in [0.25, 0.3) is 22.7 Å². The van der Waals surface area contributed by atoms with Gasteiger partial charge in [0.15, 0.2) is 17.8 Å². The molecule has 3 aromatic rings. The number of aromatic nitrogens is 4. The van der Waals surface area contributed by atoms with E-state index in [0.717, 1.165) is 35.6 Å². The molecule has 0 radical (unpaired) electrons. The first kappa shape index (κ1) is 21.2. The molecule has 2 aliphatic heterocycles. The molecule has 0 saturated carbocycles. The normalized spacial score (nSPS) is 22.9. The minimum absolute atomic E-state index is 0.0112. The van der Waals surface area contributed by atoms with Crippen molar-refractivity contribution in [3.05, 3.63) is 72.2 Å². The zero-order valence-corrected chi connectivity index (χ0v) is 18.3. The van der Waals surface area contributed by atoms with E-state index in [1.165, 1.54) is 0 Å². The zero-order valence-electron chi connectivity index (χ0n) is 18.3. The average Bonchev–Trinajstić information content (AvgIpc) is 3.60. The summed E-state index contributed by atoms with van der Waals surface area (Å²) in [7, 11) is 0. The van der Waals surface area contributed by atoms with E-state index in [9.17, 15) is 0 Å². The number of aliphatic imine (C=N–C) groups is 1. The van der Waals surface area contributed by atoms with Gasteiger partial charge in [0.25, 0.3) is 0 Å². The molecule has 2 aliphatic rings. The summed E-state index contributed by atoms with van der Waals surface area (Å²) in [6.07, 6.45) is 6.43. The highest BCUT2D eigenvalue weighted by atomic mass is 16.6. The first-order chi connectivity index (χ1) is 16.2. The molecule has 0 bridgehead atoms. The molecule has 1 aromatic carbocycles. The van der Waals surface area contributed by atoms with E-state index < -0.39 is 0 Å². The number of rotatable bonds is 7. The second-order valence-corrected chi connectivity index (χ2v) is 7.97. The SMILES string of the molecule is C=NC(=CC=C(C)c1n[nH]c(-c2ccccc2)n1)c1ccc(OC2COC3CCOC32)nc1. The largest absolute Gasteiger partial charge is 0.469 e. The standard InChI is InChI=1S/C25H25N5O3/c1-16(24-28-25(30-29-24)17-6-4-3-5-7-17)8-10-19(26-2)18-9-11-22(27-14-18)33-21-15-32-20-12-13-31-23(20)21/h3-11,14,20-21,23H,2,12-13,15H2,1H3,(H,28,29,30). The number of hydrogen-bond donors (Lipinski definition) is 1. The summed E-state index contributed by atoms with van der Waals surface area (Å²) in [5.74, 6) is 1.89. The smallest absolute Gasteiger partial charge is 0.213 e. The second-order valence-electron chi connectivity index (χ2n) is 7.97. The molecule has 4 heterocycles. The van der Waals surface area contributed by atoms with Gasteiger partial charge in [-0.05, 0) is 37.8 Å². The number of pyridine rings is 1. The first-order valence-electron chi connectivity index (χ1n) is 10.9. The predicted octanol–water partition coefficient (Wildman–Crippen LogP) is 3.95. The van der Waals surface area contributed by atoms with Gasteiger partial charge in [-0.3, -0.25) is 10.1 Å². The summed E-state index contributed by atoms with van der Waals surface area (Å²) in [6.45, 7) is 6.89. The Morgan fingerprint density at radius 2 is 2.06 bits per heavy atom. The molecule has 8 nitrogen and oxygen atoms in total. The van der Waals surface area contributed by atoms with Gasteiger partial charge >= 0.3 is 0 Å². The van der Waals surface area contributed by atoms with Crippen LogP contribution in [0, 0.1) is 0 Å². The molecule has 3 atom stereocenters. The maximum Gasteiger partial charge on any atom is 0.213 e. The molecular weight excluding hydrogens is 418 g/mol. The second kappa shape index (κ2) is 9.48. The molecule has 33 heavy (non-hydrogen) atoms. The number of ether oxygens (including phenoxy) is 3. The molecule has 1 N–H and O–H groups in total. The molecule has 2 aromatic heterocycles. The number of nitrogens with one attached hydrogen (secondary N) is 1. The fourth-order valence-electron chi connectivity index (χ4n) is 3.97.